The van der Waals surface area contributed by atoms with Crippen LogP contribution in [0, 0.1) is 28.1 Å². The fourth-order valence-corrected chi connectivity index (χ4v) is 10.3. The van der Waals surface area contributed by atoms with Crippen molar-refractivity contribution in [2.24, 2.45) is 28.1 Å². The van der Waals surface area contributed by atoms with E-state index in [1.165, 1.54) is 12.3 Å². The van der Waals surface area contributed by atoms with Crippen LogP contribution in [0.5, 0.6) is 0 Å². The zero-order chi connectivity index (χ0) is 25.2. The van der Waals surface area contributed by atoms with E-state index in [1.54, 1.807) is 13.2 Å². The van der Waals surface area contributed by atoms with Gasteiger partial charge in [-0.1, -0.05) is 26.8 Å². The van der Waals surface area contributed by atoms with Crippen LogP contribution in [0.3, 0.4) is 0 Å². The third-order valence-electron chi connectivity index (χ3n) is 11.0. The third kappa shape index (κ3) is 2.78. The highest BCUT2D eigenvalue weighted by atomic mass is 35.5. The molecule has 10 atom stereocenters. The van der Waals surface area contributed by atoms with Crippen LogP contribution < -0.4 is 5.63 Å². The lowest BCUT2D eigenvalue weighted by Crippen LogP contribution is -2.65. The van der Waals surface area contributed by atoms with Crippen molar-refractivity contribution in [1.82, 2.24) is 0 Å². The first-order chi connectivity index (χ1) is 16.4. The van der Waals surface area contributed by atoms with E-state index in [2.05, 4.69) is 26.8 Å². The second-order valence-electron chi connectivity index (χ2n) is 12.9. The van der Waals surface area contributed by atoms with Gasteiger partial charge in [0.05, 0.1) is 35.6 Å². The van der Waals surface area contributed by atoms with E-state index >= 15 is 0 Å². The fourth-order valence-electron chi connectivity index (χ4n) is 9.75. The Morgan fingerprint density at radius 1 is 1.23 bits per heavy atom. The van der Waals surface area contributed by atoms with Crippen LogP contribution in [0.1, 0.15) is 64.9 Å². The van der Waals surface area contributed by atoms with Gasteiger partial charge < -0.3 is 24.1 Å². The quantitative estimate of drug-likeness (QED) is 0.367. The Balaban J connectivity index is 1.47. The van der Waals surface area contributed by atoms with Crippen molar-refractivity contribution in [1.29, 1.82) is 0 Å². The van der Waals surface area contributed by atoms with Gasteiger partial charge in [-0.3, -0.25) is 0 Å². The van der Waals surface area contributed by atoms with Crippen molar-refractivity contribution >= 4 is 11.6 Å². The largest absolute Gasteiger partial charge is 0.431 e. The maximum atomic E-state index is 12.6. The number of hydrogen-bond acceptors (Lipinski definition) is 6. The number of allylic oxidation sites excluding steroid dienone is 1. The van der Waals surface area contributed by atoms with Gasteiger partial charge in [0, 0.05) is 36.3 Å². The molecule has 0 aromatic carbocycles. The Bertz CT molecular complexity index is 1120. The lowest BCUT2D eigenvalue weighted by Gasteiger charge is -2.62. The SMILES string of the molecule is CO[C@H]1[C@H]2O[C@H]2[C@]2(CO)[C@H]3CC[C@]4(C)[C@@H](c5ccc(=O)oc5)C(C)(Cl)C[C@]4(O)C3=CC[C@H]2C1(C)C. The average Bonchev–Trinajstić information content (AvgIpc) is 3.54. The van der Waals surface area contributed by atoms with Crippen molar-refractivity contribution in [2.75, 3.05) is 13.7 Å². The molecule has 0 amide bonds. The fraction of sp³-hybridized carbons (Fsp3) is 0.750. The second kappa shape index (κ2) is 7.22. The maximum absolute atomic E-state index is 12.6. The number of ether oxygens (including phenoxy) is 2. The normalized spacial score (nSPS) is 51.5. The number of halogens is 1. The van der Waals surface area contributed by atoms with Gasteiger partial charge in [-0.15, -0.1) is 11.6 Å². The van der Waals surface area contributed by atoms with Crippen LogP contribution in [-0.4, -0.2) is 52.7 Å². The Hall–Kier alpha value is -1.18. The molecule has 7 heteroatoms. The Morgan fingerprint density at radius 3 is 2.60 bits per heavy atom. The molecular formula is C28H37ClO6. The summed E-state index contributed by atoms with van der Waals surface area (Å²) in [4.78, 5) is 10.9. The number of rotatable bonds is 3. The number of epoxide rings is 1. The lowest BCUT2D eigenvalue weighted by molar-refractivity contribution is -0.157. The maximum Gasteiger partial charge on any atom is 0.335 e. The second-order valence-corrected chi connectivity index (χ2v) is 13.7. The zero-order valence-electron chi connectivity index (χ0n) is 21.2. The van der Waals surface area contributed by atoms with Crippen LogP contribution in [-0.2, 0) is 9.47 Å². The Morgan fingerprint density at radius 2 is 1.97 bits per heavy atom. The first-order valence-electron chi connectivity index (χ1n) is 12.9. The van der Waals surface area contributed by atoms with Gasteiger partial charge >= 0.3 is 5.63 Å². The van der Waals surface area contributed by atoms with Crippen LogP contribution in [0.25, 0.3) is 0 Å². The minimum atomic E-state index is -1.13. The van der Waals surface area contributed by atoms with E-state index in [0.29, 0.717) is 6.42 Å². The zero-order valence-corrected chi connectivity index (χ0v) is 22.0. The van der Waals surface area contributed by atoms with Crippen molar-refractivity contribution in [3.8, 4) is 0 Å². The minimum absolute atomic E-state index is 0.0105. The number of fused-ring (bicyclic) bond motifs is 7. The average molecular weight is 505 g/mol. The van der Waals surface area contributed by atoms with Gasteiger partial charge in [0.1, 0.15) is 6.10 Å². The monoisotopic (exact) mass is 504 g/mol. The molecular weight excluding hydrogens is 468 g/mol. The summed E-state index contributed by atoms with van der Waals surface area (Å²) in [6, 6.07) is 3.22. The molecule has 4 fully saturated rings. The summed E-state index contributed by atoms with van der Waals surface area (Å²) in [5.41, 5.74) is -0.842. The first-order valence-corrected chi connectivity index (χ1v) is 13.3. The molecule has 1 aliphatic heterocycles. The number of aliphatic hydroxyl groups excluding tert-OH is 1. The smallest absolute Gasteiger partial charge is 0.335 e. The molecule has 1 aromatic rings. The topological polar surface area (TPSA) is 92.4 Å². The van der Waals surface area contributed by atoms with Crippen molar-refractivity contribution in [3.63, 3.8) is 0 Å². The molecule has 1 unspecified atom stereocenters. The molecule has 2 N–H and O–H groups in total. The third-order valence-corrected chi connectivity index (χ3v) is 11.4. The number of methoxy groups -OCH3 is 1. The summed E-state index contributed by atoms with van der Waals surface area (Å²) in [6.07, 6.45) is 6.39. The Labute approximate surface area is 211 Å². The van der Waals surface area contributed by atoms with Gasteiger partial charge in [0.2, 0.25) is 0 Å². The summed E-state index contributed by atoms with van der Waals surface area (Å²) in [6.45, 7) is 8.62. The van der Waals surface area contributed by atoms with E-state index in [0.717, 1.165) is 30.4 Å². The van der Waals surface area contributed by atoms with E-state index < -0.39 is 26.9 Å². The summed E-state index contributed by atoms with van der Waals surface area (Å²) in [5.74, 6) is -0.00373. The van der Waals surface area contributed by atoms with Crippen LogP contribution in [0.2, 0.25) is 0 Å². The first kappa shape index (κ1) is 24.2. The summed E-state index contributed by atoms with van der Waals surface area (Å²) in [7, 11) is 1.75. The number of alkyl halides is 1. The standard InChI is InChI=1S/C28H37ClO6/c1-24(2)18-8-7-17-16(27(18,14-30)23-20(35-23)22(24)33-5)10-11-25(3)21(15-6-9-19(31)34-12-15)26(4,29)13-28(17,25)32/h6-7,9,12,16,18,20-23,30,32H,8,10-11,13-14H2,1-5H3/t16-,18-,20+,21+,22-,23+,25+,26?,27+,28-/m0/s1. The molecule has 3 saturated carbocycles. The van der Waals surface area contributed by atoms with Gasteiger partial charge in [-0.2, -0.15) is 0 Å². The molecule has 35 heavy (non-hydrogen) atoms. The van der Waals surface area contributed by atoms with Gasteiger partial charge in [-0.25, -0.2) is 4.79 Å². The van der Waals surface area contributed by atoms with E-state index in [4.69, 9.17) is 25.5 Å². The molecule has 5 aliphatic rings. The molecule has 4 aliphatic carbocycles. The molecule has 6 nitrogen and oxygen atoms in total. The van der Waals surface area contributed by atoms with E-state index in [9.17, 15) is 15.0 Å². The summed E-state index contributed by atoms with van der Waals surface area (Å²) >= 11 is 7.22. The molecule has 6 rings (SSSR count). The molecule has 0 spiro atoms. The summed E-state index contributed by atoms with van der Waals surface area (Å²) in [5, 5.41) is 23.7. The molecule has 192 valence electrons. The van der Waals surface area contributed by atoms with Crippen LogP contribution >= 0.6 is 11.6 Å². The molecule has 1 aromatic heterocycles. The highest BCUT2D eigenvalue weighted by Crippen LogP contribution is 2.75. The van der Waals surface area contributed by atoms with Gasteiger partial charge in [-0.05, 0) is 60.6 Å². The summed E-state index contributed by atoms with van der Waals surface area (Å²) < 4.78 is 17.4. The molecule has 2 heterocycles. The van der Waals surface area contributed by atoms with Crippen molar-refractivity contribution < 1.29 is 24.1 Å². The highest BCUT2D eigenvalue weighted by molar-refractivity contribution is 6.24. The number of aliphatic hydroxyl groups is 2. The minimum Gasteiger partial charge on any atom is -0.431 e. The van der Waals surface area contributed by atoms with E-state index in [-0.39, 0.29) is 48.1 Å². The number of hydrogen-bond donors (Lipinski definition) is 2. The van der Waals surface area contributed by atoms with Crippen LogP contribution in [0.15, 0.2) is 39.3 Å². The molecule has 1 saturated heterocycles. The predicted octanol–water partition coefficient (Wildman–Crippen LogP) is 4.02. The molecule has 0 radical (unpaired) electrons. The van der Waals surface area contributed by atoms with Crippen molar-refractivity contribution in [2.45, 2.75) is 88.1 Å². The predicted molar refractivity (Wildman–Crippen MR) is 131 cm³/mol. The van der Waals surface area contributed by atoms with Gasteiger partial charge in [0.15, 0.2) is 0 Å². The van der Waals surface area contributed by atoms with Crippen molar-refractivity contribution in [3.05, 3.63) is 46.0 Å². The Kier molecular flexibility index (Phi) is 4.99. The van der Waals surface area contributed by atoms with Crippen LogP contribution in [0.4, 0.5) is 0 Å². The van der Waals surface area contributed by atoms with E-state index in [1.807, 2.05) is 6.92 Å². The lowest BCUT2D eigenvalue weighted by atomic mass is 9.42. The highest BCUT2D eigenvalue weighted by Gasteiger charge is 2.77. The molecule has 0 bridgehead atoms. The van der Waals surface area contributed by atoms with Gasteiger partial charge in [0.25, 0.3) is 0 Å².